The van der Waals surface area contributed by atoms with E-state index < -0.39 is 14.9 Å². The summed E-state index contributed by atoms with van der Waals surface area (Å²) in [5.41, 5.74) is 4.33. The Morgan fingerprint density at radius 2 is 1.83 bits per heavy atom. The van der Waals surface area contributed by atoms with Gasteiger partial charge in [0, 0.05) is 25.2 Å². The van der Waals surface area contributed by atoms with Gasteiger partial charge in [-0.2, -0.15) is 14.7 Å². The maximum absolute atomic E-state index is 13.0. The first kappa shape index (κ1) is 22.0. The van der Waals surface area contributed by atoms with Crippen molar-refractivity contribution in [2.24, 2.45) is 5.10 Å². The number of anilines is 1. The average molecular weight is 415 g/mol. The molecule has 0 aliphatic rings. The van der Waals surface area contributed by atoms with E-state index in [-0.39, 0.29) is 29.4 Å². The Labute approximate surface area is 169 Å². The number of non-ortho nitro benzene ring substituents is 1. The maximum Gasteiger partial charge on any atom is 0.270 e. The molecule has 29 heavy (non-hydrogen) atoms. The van der Waals surface area contributed by atoms with Gasteiger partial charge >= 0.3 is 0 Å². The summed E-state index contributed by atoms with van der Waals surface area (Å²) in [7, 11) is -3.95. The van der Waals surface area contributed by atoms with Gasteiger partial charge in [-0.25, -0.2) is 8.42 Å². The van der Waals surface area contributed by atoms with Crippen molar-refractivity contribution in [2.45, 2.75) is 25.7 Å². The van der Waals surface area contributed by atoms with Crippen molar-refractivity contribution in [3.63, 3.8) is 0 Å². The van der Waals surface area contributed by atoms with Crippen LogP contribution in [-0.2, 0) is 10.0 Å². The highest BCUT2D eigenvalue weighted by molar-refractivity contribution is 7.89. The van der Waals surface area contributed by atoms with Crippen LogP contribution in [-0.4, -0.2) is 36.4 Å². The van der Waals surface area contributed by atoms with Crippen LogP contribution < -0.4 is 5.43 Å². The minimum atomic E-state index is -3.95. The molecule has 2 rings (SSSR count). The number of nitriles is 1. The van der Waals surface area contributed by atoms with Crippen molar-refractivity contribution < 1.29 is 13.3 Å². The molecule has 0 aliphatic carbocycles. The van der Waals surface area contributed by atoms with E-state index in [0.29, 0.717) is 11.3 Å². The first-order chi connectivity index (χ1) is 13.7. The fourth-order valence-corrected chi connectivity index (χ4v) is 4.25. The summed E-state index contributed by atoms with van der Waals surface area (Å²) in [6, 6.07) is 12.3. The Morgan fingerprint density at radius 3 is 2.34 bits per heavy atom. The van der Waals surface area contributed by atoms with Crippen molar-refractivity contribution in [1.29, 1.82) is 5.26 Å². The average Bonchev–Trinajstić information content (AvgIpc) is 2.72. The normalized spacial score (nSPS) is 11.9. The Balaban J connectivity index is 2.46. The van der Waals surface area contributed by atoms with Gasteiger partial charge in [-0.1, -0.05) is 26.0 Å². The van der Waals surface area contributed by atoms with Crippen LogP contribution in [0.5, 0.6) is 0 Å². The molecule has 9 nitrogen and oxygen atoms in total. The quantitative estimate of drug-likeness (QED) is 0.400. The summed E-state index contributed by atoms with van der Waals surface area (Å²) >= 11 is 0. The Hall–Kier alpha value is -3.29. The second kappa shape index (κ2) is 9.27. The number of benzene rings is 2. The van der Waals surface area contributed by atoms with Crippen LogP contribution in [0.1, 0.15) is 31.9 Å². The van der Waals surface area contributed by atoms with E-state index in [4.69, 9.17) is 5.26 Å². The number of nitrogens with zero attached hydrogens (tertiary/aromatic N) is 4. The lowest BCUT2D eigenvalue weighted by Gasteiger charge is -2.20. The van der Waals surface area contributed by atoms with Crippen LogP contribution in [0.4, 0.5) is 11.4 Å². The molecule has 2 aromatic carbocycles. The molecule has 152 valence electrons. The van der Waals surface area contributed by atoms with Gasteiger partial charge in [0.1, 0.15) is 4.90 Å². The smallest absolute Gasteiger partial charge is 0.270 e. The molecule has 0 heterocycles. The first-order valence-electron chi connectivity index (χ1n) is 8.84. The van der Waals surface area contributed by atoms with Crippen molar-refractivity contribution in [3.05, 3.63) is 63.7 Å². The highest BCUT2D eigenvalue weighted by atomic mass is 32.2. The highest BCUT2D eigenvalue weighted by Crippen LogP contribution is 2.29. The van der Waals surface area contributed by atoms with Gasteiger partial charge in [-0.3, -0.25) is 15.5 Å². The van der Waals surface area contributed by atoms with Gasteiger partial charge in [-0.05, 0) is 30.7 Å². The standard InChI is InChI=1S/C19H21N5O4S/c1-4-23(5-2)29(27,28)19-12-17(24(25)26)10-11-18(19)22-21-14(3)16-8-6-15(13-20)7-9-16/h6-12,22H,4-5H2,1-3H3. The summed E-state index contributed by atoms with van der Waals surface area (Å²) < 4.78 is 27.1. The summed E-state index contributed by atoms with van der Waals surface area (Å²) in [6.07, 6.45) is 0. The molecule has 0 bridgehead atoms. The number of nitrogens with one attached hydrogen (secondary N) is 1. The summed E-state index contributed by atoms with van der Waals surface area (Å²) in [5.74, 6) is 0. The molecule has 0 saturated carbocycles. The number of hydrogen-bond donors (Lipinski definition) is 1. The third-order valence-corrected chi connectivity index (χ3v) is 6.36. The van der Waals surface area contributed by atoms with Gasteiger partial charge in [0.25, 0.3) is 5.69 Å². The molecular weight excluding hydrogens is 394 g/mol. The van der Waals surface area contributed by atoms with Gasteiger partial charge in [-0.15, -0.1) is 0 Å². The second-order valence-electron chi connectivity index (χ2n) is 6.03. The molecule has 0 aromatic heterocycles. The Kier molecular flexibility index (Phi) is 7.03. The van der Waals surface area contributed by atoms with Crippen LogP contribution in [0.25, 0.3) is 0 Å². The number of rotatable bonds is 8. The predicted molar refractivity (Wildman–Crippen MR) is 110 cm³/mol. The van der Waals surface area contributed by atoms with E-state index in [1.54, 1.807) is 45.0 Å². The van der Waals surface area contributed by atoms with Crippen molar-refractivity contribution in [1.82, 2.24) is 4.31 Å². The topological polar surface area (TPSA) is 129 Å². The van der Waals surface area contributed by atoms with Crippen LogP contribution >= 0.6 is 0 Å². The van der Waals surface area contributed by atoms with E-state index in [0.717, 1.165) is 11.6 Å². The third kappa shape index (κ3) is 4.96. The number of nitro groups is 1. The molecule has 0 atom stereocenters. The Bertz CT molecular complexity index is 1070. The number of sulfonamides is 1. The molecule has 10 heteroatoms. The lowest BCUT2D eigenvalue weighted by atomic mass is 10.1. The summed E-state index contributed by atoms with van der Waals surface area (Å²) in [4.78, 5) is 10.3. The molecule has 0 fully saturated rings. The van der Waals surface area contributed by atoms with Crippen molar-refractivity contribution in [2.75, 3.05) is 18.5 Å². The largest absolute Gasteiger partial charge is 0.277 e. The SMILES string of the molecule is CCN(CC)S(=O)(=O)c1cc([N+](=O)[O-])ccc1NN=C(C)c1ccc(C#N)cc1. The number of hydrogen-bond acceptors (Lipinski definition) is 7. The van der Waals surface area contributed by atoms with E-state index in [1.807, 2.05) is 6.07 Å². The summed E-state index contributed by atoms with van der Waals surface area (Å²) in [6.45, 7) is 5.57. The maximum atomic E-state index is 13.0. The lowest BCUT2D eigenvalue weighted by molar-refractivity contribution is -0.385. The van der Waals surface area contributed by atoms with Crippen LogP contribution in [0.3, 0.4) is 0 Å². The lowest BCUT2D eigenvalue weighted by Crippen LogP contribution is -2.31. The molecule has 0 radical (unpaired) electrons. The molecule has 2 aromatic rings. The van der Waals surface area contributed by atoms with E-state index in [9.17, 15) is 18.5 Å². The minimum absolute atomic E-state index is 0.135. The zero-order chi connectivity index (χ0) is 21.6. The molecule has 0 aliphatic heterocycles. The van der Waals surface area contributed by atoms with Gasteiger partial charge in [0.2, 0.25) is 10.0 Å². The Morgan fingerprint density at radius 1 is 1.21 bits per heavy atom. The monoisotopic (exact) mass is 415 g/mol. The van der Waals surface area contributed by atoms with Crippen LogP contribution in [0.2, 0.25) is 0 Å². The van der Waals surface area contributed by atoms with Crippen molar-refractivity contribution in [3.8, 4) is 6.07 Å². The fraction of sp³-hybridized carbons (Fsp3) is 0.263. The van der Waals surface area contributed by atoms with E-state index in [1.165, 1.54) is 16.4 Å². The third-order valence-electron chi connectivity index (χ3n) is 4.28. The van der Waals surface area contributed by atoms with Gasteiger partial charge in [0.05, 0.1) is 28.0 Å². The highest BCUT2D eigenvalue weighted by Gasteiger charge is 2.27. The number of nitro benzene ring substituents is 1. The number of hydrazone groups is 1. The van der Waals surface area contributed by atoms with E-state index >= 15 is 0 Å². The van der Waals surface area contributed by atoms with E-state index in [2.05, 4.69) is 10.5 Å². The molecule has 0 spiro atoms. The zero-order valence-corrected chi connectivity index (χ0v) is 17.1. The molecular formula is C19H21N5O4S. The van der Waals surface area contributed by atoms with Crippen molar-refractivity contribution >= 4 is 27.1 Å². The molecule has 0 saturated heterocycles. The predicted octanol–water partition coefficient (Wildman–Crippen LogP) is 3.33. The minimum Gasteiger partial charge on any atom is -0.277 e. The van der Waals surface area contributed by atoms with Gasteiger partial charge < -0.3 is 0 Å². The molecule has 1 N–H and O–H groups in total. The zero-order valence-electron chi connectivity index (χ0n) is 16.3. The van der Waals surface area contributed by atoms with Crippen LogP contribution in [0.15, 0.2) is 52.5 Å². The van der Waals surface area contributed by atoms with Gasteiger partial charge in [0.15, 0.2) is 0 Å². The molecule has 0 amide bonds. The fourth-order valence-electron chi connectivity index (χ4n) is 2.63. The second-order valence-corrected chi connectivity index (χ2v) is 7.93. The van der Waals surface area contributed by atoms with Crippen LogP contribution in [0, 0.1) is 21.4 Å². The molecule has 0 unspecified atom stereocenters. The first-order valence-corrected chi connectivity index (χ1v) is 10.3. The summed E-state index contributed by atoms with van der Waals surface area (Å²) in [5, 5.41) is 24.2.